The number of alkyl halides is 3. The molecule has 12 heavy (non-hydrogen) atoms. The van der Waals surface area contributed by atoms with Gasteiger partial charge in [0.1, 0.15) is 6.04 Å². The molecule has 1 aromatic rings. The van der Waals surface area contributed by atoms with Crippen LogP contribution in [0.4, 0.5) is 13.2 Å². The average Bonchev–Trinajstić information content (AvgIpc) is 2.34. The van der Waals surface area contributed by atoms with Crippen LogP contribution in [0.15, 0.2) is 18.3 Å². The zero-order chi connectivity index (χ0) is 8.48. The molecule has 1 rings (SSSR count). The van der Waals surface area contributed by atoms with Crippen molar-refractivity contribution in [2.45, 2.75) is 12.2 Å². The lowest BCUT2D eigenvalue weighted by atomic mass is 10.2. The topological polar surface area (TPSA) is 41.8 Å². The van der Waals surface area contributed by atoms with Crippen molar-refractivity contribution in [1.29, 1.82) is 0 Å². The van der Waals surface area contributed by atoms with E-state index in [1.165, 1.54) is 18.3 Å². The number of halogens is 4. The number of H-pyrrole nitrogens is 1. The number of aromatic amines is 1. The highest BCUT2D eigenvalue weighted by molar-refractivity contribution is 5.85. The Morgan fingerprint density at radius 2 is 2.00 bits per heavy atom. The molecular formula is C6H8ClF3N2. The van der Waals surface area contributed by atoms with E-state index in [1.807, 2.05) is 0 Å². The van der Waals surface area contributed by atoms with E-state index in [4.69, 9.17) is 5.73 Å². The van der Waals surface area contributed by atoms with Crippen LogP contribution in [0.2, 0.25) is 0 Å². The summed E-state index contributed by atoms with van der Waals surface area (Å²) < 4.78 is 35.6. The van der Waals surface area contributed by atoms with Crippen LogP contribution >= 0.6 is 12.4 Å². The Morgan fingerprint density at radius 3 is 2.33 bits per heavy atom. The monoisotopic (exact) mass is 200 g/mol. The molecule has 3 N–H and O–H groups in total. The SMILES string of the molecule is Cl.NC(c1ccc[nH]1)C(F)(F)F. The zero-order valence-electron chi connectivity index (χ0n) is 5.93. The first-order chi connectivity index (χ1) is 5.02. The number of nitrogens with two attached hydrogens (primary N) is 1. The van der Waals surface area contributed by atoms with Crippen molar-refractivity contribution in [3.63, 3.8) is 0 Å². The summed E-state index contributed by atoms with van der Waals surface area (Å²) in [4.78, 5) is 2.40. The van der Waals surface area contributed by atoms with Crippen LogP contribution in [0.1, 0.15) is 11.7 Å². The molecule has 0 aliphatic rings. The Hall–Kier alpha value is -0.680. The van der Waals surface area contributed by atoms with Crippen LogP contribution in [0.25, 0.3) is 0 Å². The van der Waals surface area contributed by atoms with E-state index in [0.717, 1.165) is 0 Å². The number of nitrogens with one attached hydrogen (secondary N) is 1. The number of aromatic nitrogens is 1. The van der Waals surface area contributed by atoms with E-state index in [1.54, 1.807) is 0 Å². The van der Waals surface area contributed by atoms with Gasteiger partial charge in [-0.15, -0.1) is 12.4 Å². The molecule has 1 aromatic heterocycles. The lowest BCUT2D eigenvalue weighted by Gasteiger charge is -2.13. The van der Waals surface area contributed by atoms with Gasteiger partial charge in [-0.05, 0) is 12.1 Å². The fourth-order valence-electron chi connectivity index (χ4n) is 0.714. The minimum atomic E-state index is -4.37. The van der Waals surface area contributed by atoms with Crippen molar-refractivity contribution in [3.05, 3.63) is 24.0 Å². The maximum Gasteiger partial charge on any atom is 0.409 e. The van der Waals surface area contributed by atoms with E-state index in [-0.39, 0.29) is 18.1 Å². The minimum absolute atomic E-state index is 0. The van der Waals surface area contributed by atoms with Gasteiger partial charge in [0, 0.05) is 11.9 Å². The lowest BCUT2D eigenvalue weighted by Crippen LogP contribution is -2.28. The third-order valence-electron chi connectivity index (χ3n) is 1.31. The normalized spacial score (nSPS) is 13.7. The Labute approximate surface area is 73.4 Å². The number of hydrogen-bond donors (Lipinski definition) is 2. The van der Waals surface area contributed by atoms with Gasteiger partial charge in [-0.3, -0.25) is 0 Å². The van der Waals surface area contributed by atoms with Gasteiger partial charge in [0.2, 0.25) is 0 Å². The molecule has 0 radical (unpaired) electrons. The summed E-state index contributed by atoms with van der Waals surface area (Å²) in [6, 6.07) is 0.872. The van der Waals surface area contributed by atoms with Crippen molar-refractivity contribution < 1.29 is 13.2 Å². The summed E-state index contributed by atoms with van der Waals surface area (Å²) in [7, 11) is 0. The molecule has 1 unspecified atom stereocenters. The molecule has 0 bridgehead atoms. The minimum Gasteiger partial charge on any atom is -0.363 e. The molecule has 0 aliphatic carbocycles. The van der Waals surface area contributed by atoms with Gasteiger partial charge in [0.05, 0.1) is 0 Å². The first-order valence-corrected chi connectivity index (χ1v) is 2.97. The quantitative estimate of drug-likeness (QED) is 0.715. The summed E-state index contributed by atoms with van der Waals surface area (Å²) in [6.45, 7) is 0. The fourth-order valence-corrected chi connectivity index (χ4v) is 0.714. The van der Waals surface area contributed by atoms with E-state index in [0.29, 0.717) is 0 Å². The smallest absolute Gasteiger partial charge is 0.363 e. The second-order valence-corrected chi connectivity index (χ2v) is 2.14. The molecule has 0 aromatic carbocycles. The second kappa shape index (κ2) is 3.82. The van der Waals surface area contributed by atoms with Crippen molar-refractivity contribution in [1.82, 2.24) is 4.98 Å². The molecule has 0 spiro atoms. The van der Waals surface area contributed by atoms with Gasteiger partial charge >= 0.3 is 6.18 Å². The Bertz CT molecular complexity index is 219. The first kappa shape index (κ1) is 11.3. The van der Waals surface area contributed by atoms with E-state index in [9.17, 15) is 13.2 Å². The Morgan fingerprint density at radius 1 is 1.42 bits per heavy atom. The molecule has 6 heteroatoms. The van der Waals surface area contributed by atoms with Gasteiger partial charge in [0.25, 0.3) is 0 Å². The summed E-state index contributed by atoms with van der Waals surface area (Å²) >= 11 is 0. The zero-order valence-corrected chi connectivity index (χ0v) is 6.75. The van der Waals surface area contributed by atoms with E-state index in [2.05, 4.69) is 4.98 Å². The van der Waals surface area contributed by atoms with Crippen molar-refractivity contribution in [3.8, 4) is 0 Å². The molecular weight excluding hydrogens is 193 g/mol. The molecule has 0 saturated carbocycles. The van der Waals surface area contributed by atoms with Gasteiger partial charge in [-0.1, -0.05) is 0 Å². The van der Waals surface area contributed by atoms with E-state index >= 15 is 0 Å². The summed E-state index contributed by atoms with van der Waals surface area (Å²) in [5.41, 5.74) is 4.84. The van der Waals surface area contributed by atoms with Crippen LogP contribution in [0.5, 0.6) is 0 Å². The molecule has 1 atom stereocenters. The lowest BCUT2D eigenvalue weighted by molar-refractivity contribution is -0.149. The van der Waals surface area contributed by atoms with Gasteiger partial charge in [-0.2, -0.15) is 13.2 Å². The standard InChI is InChI=1S/C6H7F3N2.ClH/c7-6(8,9)5(10)4-2-1-3-11-4;/h1-3,5,11H,10H2;1H. The van der Waals surface area contributed by atoms with Crippen LogP contribution in [-0.4, -0.2) is 11.2 Å². The number of hydrogen-bond acceptors (Lipinski definition) is 1. The van der Waals surface area contributed by atoms with Crippen LogP contribution < -0.4 is 5.73 Å². The maximum atomic E-state index is 11.9. The fraction of sp³-hybridized carbons (Fsp3) is 0.333. The van der Waals surface area contributed by atoms with Crippen LogP contribution in [0, 0.1) is 0 Å². The van der Waals surface area contributed by atoms with Crippen molar-refractivity contribution in [2.24, 2.45) is 5.73 Å². The number of rotatable bonds is 1. The van der Waals surface area contributed by atoms with Crippen LogP contribution in [0.3, 0.4) is 0 Å². The third-order valence-corrected chi connectivity index (χ3v) is 1.31. The van der Waals surface area contributed by atoms with Crippen LogP contribution in [-0.2, 0) is 0 Å². The predicted molar refractivity (Wildman–Crippen MR) is 41.0 cm³/mol. The molecule has 0 amide bonds. The highest BCUT2D eigenvalue weighted by Crippen LogP contribution is 2.28. The highest BCUT2D eigenvalue weighted by Gasteiger charge is 2.38. The summed E-state index contributed by atoms with van der Waals surface area (Å²) in [5, 5.41) is 0. The molecule has 1 heterocycles. The van der Waals surface area contributed by atoms with Crippen molar-refractivity contribution in [2.75, 3.05) is 0 Å². The largest absolute Gasteiger partial charge is 0.409 e. The molecule has 0 aliphatic heterocycles. The molecule has 0 fully saturated rings. The second-order valence-electron chi connectivity index (χ2n) is 2.14. The highest BCUT2D eigenvalue weighted by atomic mass is 35.5. The molecule has 2 nitrogen and oxygen atoms in total. The van der Waals surface area contributed by atoms with Gasteiger partial charge in [0.15, 0.2) is 0 Å². The Balaban J connectivity index is 0.00000121. The van der Waals surface area contributed by atoms with Gasteiger partial charge < -0.3 is 10.7 Å². The van der Waals surface area contributed by atoms with Crippen molar-refractivity contribution >= 4 is 12.4 Å². The predicted octanol–water partition coefficient (Wildman–Crippen LogP) is 2.00. The molecule has 70 valence electrons. The summed E-state index contributed by atoms with van der Waals surface area (Å²) in [6.07, 6.45) is -2.97. The average molecular weight is 201 g/mol. The van der Waals surface area contributed by atoms with E-state index < -0.39 is 12.2 Å². The summed E-state index contributed by atoms with van der Waals surface area (Å²) in [5.74, 6) is 0. The van der Waals surface area contributed by atoms with Gasteiger partial charge in [-0.25, -0.2) is 0 Å². The molecule has 0 saturated heterocycles. The first-order valence-electron chi connectivity index (χ1n) is 2.97. The maximum absolute atomic E-state index is 11.9. The Kier molecular flexibility index (Phi) is 3.60. The third kappa shape index (κ3) is 2.42.